The molecule has 0 aromatic rings. The minimum absolute atomic E-state index is 0.242. The number of carbonyl (C=O) groups is 1. The van der Waals surface area contributed by atoms with Gasteiger partial charge in [-0.15, -0.1) is 0 Å². The molecule has 0 unspecified atom stereocenters. The quantitative estimate of drug-likeness (QED) is 0.581. The predicted octanol–water partition coefficient (Wildman–Crippen LogP) is -1.14. The molecule has 0 aliphatic heterocycles. The number of rotatable bonds is 5. The van der Waals surface area contributed by atoms with Crippen molar-refractivity contribution in [3.8, 4) is 0 Å². The lowest BCUT2D eigenvalue weighted by Gasteiger charge is -2.13. The lowest BCUT2D eigenvalue weighted by atomic mass is 10.7. The molecule has 0 aromatic carbocycles. The number of nitrogens with one attached hydrogen (secondary N) is 1. The van der Waals surface area contributed by atoms with Crippen LogP contribution in [-0.4, -0.2) is 43.9 Å². The minimum Gasteiger partial charge on any atom is -0.480 e. The second-order valence-electron chi connectivity index (χ2n) is 2.15. The average molecular weight is 196 g/mol. The van der Waals surface area contributed by atoms with E-state index in [2.05, 4.69) is 4.72 Å². The molecule has 0 aliphatic rings. The van der Waals surface area contributed by atoms with E-state index in [9.17, 15) is 13.2 Å². The van der Waals surface area contributed by atoms with E-state index in [0.29, 0.717) is 0 Å². The number of carboxylic acids is 1. The summed E-state index contributed by atoms with van der Waals surface area (Å²) in [6, 6.07) is 0. The maximum absolute atomic E-state index is 11.0. The van der Waals surface area contributed by atoms with Crippen molar-refractivity contribution >= 4 is 16.2 Å². The van der Waals surface area contributed by atoms with E-state index in [1.54, 1.807) is 6.92 Å². The number of hydrogen-bond donors (Lipinski definition) is 2. The summed E-state index contributed by atoms with van der Waals surface area (Å²) in [4.78, 5) is 10.1. The molecule has 72 valence electrons. The molecule has 0 saturated heterocycles. The Kier molecular flexibility index (Phi) is 4.15. The summed E-state index contributed by atoms with van der Waals surface area (Å²) in [6.07, 6.45) is 0. The zero-order chi connectivity index (χ0) is 9.78. The third kappa shape index (κ3) is 3.65. The second-order valence-corrected chi connectivity index (χ2v) is 4.01. The van der Waals surface area contributed by atoms with Gasteiger partial charge in [-0.25, -0.2) is 4.72 Å². The molecule has 6 nitrogen and oxygen atoms in total. The van der Waals surface area contributed by atoms with Crippen LogP contribution in [0, 0.1) is 0 Å². The van der Waals surface area contributed by atoms with Crippen LogP contribution in [0.4, 0.5) is 0 Å². The Labute approximate surface area is 71.4 Å². The van der Waals surface area contributed by atoms with Crippen LogP contribution in [0.25, 0.3) is 0 Å². The van der Waals surface area contributed by atoms with E-state index < -0.39 is 22.7 Å². The highest BCUT2D eigenvalue weighted by Crippen LogP contribution is 1.91. The Bertz CT molecular complexity index is 248. The highest BCUT2D eigenvalue weighted by molar-refractivity contribution is 7.87. The van der Waals surface area contributed by atoms with Crippen LogP contribution in [0.2, 0.25) is 0 Å². The van der Waals surface area contributed by atoms with Gasteiger partial charge in [0.05, 0.1) is 0 Å². The predicted molar refractivity (Wildman–Crippen MR) is 42.9 cm³/mol. The van der Waals surface area contributed by atoms with Crippen molar-refractivity contribution in [1.82, 2.24) is 9.03 Å². The summed E-state index contributed by atoms with van der Waals surface area (Å²) in [5.74, 6) is -1.18. The summed E-state index contributed by atoms with van der Waals surface area (Å²) >= 11 is 0. The number of likely N-dealkylation sites (N-methyl/N-ethyl adjacent to an activating group) is 1. The Morgan fingerprint density at radius 2 is 2.08 bits per heavy atom. The summed E-state index contributed by atoms with van der Waals surface area (Å²) in [5, 5.41) is 8.28. The topological polar surface area (TPSA) is 86.7 Å². The fraction of sp³-hybridized carbons (Fsp3) is 0.800. The molecule has 12 heavy (non-hydrogen) atoms. The highest BCUT2D eigenvalue weighted by atomic mass is 32.2. The lowest BCUT2D eigenvalue weighted by Crippen LogP contribution is -2.40. The fourth-order valence-electron chi connectivity index (χ4n) is 0.568. The van der Waals surface area contributed by atoms with Gasteiger partial charge in [0, 0.05) is 13.6 Å². The van der Waals surface area contributed by atoms with Gasteiger partial charge in [0.1, 0.15) is 6.54 Å². The summed E-state index contributed by atoms with van der Waals surface area (Å²) in [5.41, 5.74) is 0. The first kappa shape index (κ1) is 11.3. The van der Waals surface area contributed by atoms with E-state index in [1.807, 2.05) is 0 Å². The molecule has 2 N–H and O–H groups in total. The maximum atomic E-state index is 11.0. The van der Waals surface area contributed by atoms with E-state index in [4.69, 9.17) is 5.11 Å². The smallest absolute Gasteiger partial charge is 0.318 e. The van der Waals surface area contributed by atoms with Crippen molar-refractivity contribution < 1.29 is 18.3 Å². The summed E-state index contributed by atoms with van der Waals surface area (Å²) in [6.45, 7) is 1.33. The zero-order valence-corrected chi connectivity index (χ0v) is 7.76. The molecule has 0 spiro atoms. The number of nitrogens with zero attached hydrogens (tertiary/aromatic N) is 1. The van der Waals surface area contributed by atoms with Gasteiger partial charge in [0.15, 0.2) is 0 Å². The van der Waals surface area contributed by atoms with Gasteiger partial charge in [0.25, 0.3) is 10.2 Å². The lowest BCUT2D eigenvalue weighted by molar-refractivity contribution is -0.137. The highest BCUT2D eigenvalue weighted by Gasteiger charge is 2.18. The van der Waals surface area contributed by atoms with Crippen LogP contribution in [0.15, 0.2) is 0 Å². The van der Waals surface area contributed by atoms with Crippen LogP contribution in [-0.2, 0) is 15.0 Å². The van der Waals surface area contributed by atoms with E-state index in [0.717, 1.165) is 4.31 Å². The first-order valence-electron chi connectivity index (χ1n) is 3.33. The van der Waals surface area contributed by atoms with Crippen molar-refractivity contribution in [3.63, 3.8) is 0 Å². The molecule has 0 bridgehead atoms. The van der Waals surface area contributed by atoms with Crippen LogP contribution in [0.3, 0.4) is 0 Å². The first-order chi connectivity index (χ1) is 5.40. The number of aliphatic carboxylic acids is 1. The molecular formula is C5H12N2O4S. The molecule has 0 atom stereocenters. The van der Waals surface area contributed by atoms with Gasteiger partial charge >= 0.3 is 5.97 Å². The van der Waals surface area contributed by atoms with Crippen molar-refractivity contribution in [3.05, 3.63) is 0 Å². The largest absolute Gasteiger partial charge is 0.480 e. The molecule has 7 heteroatoms. The molecule has 0 heterocycles. The van der Waals surface area contributed by atoms with E-state index in [-0.39, 0.29) is 6.54 Å². The zero-order valence-electron chi connectivity index (χ0n) is 6.94. The van der Waals surface area contributed by atoms with E-state index in [1.165, 1.54) is 7.05 Å². The fourth-order valence-corrected chi connectivity index (χ4v) is 1.43. The Balaban J connectivity index is 4.26. The third-order valence-corrected chi connectivity index (χ3v) is 2.70. The van der Waals surface area contributed by atoms with Gasteiger partial charge in [-0.05, 0) is 0 Å². The monoisotopic (exact) mass is 196 g/mol. The maximum Gasteiger partial charge on any atom is 0.318 e. The van der Waals surface area contributed by atoms with Crippen LogP contribution in [0.5, 0.6) is 0 Å². The van der Waals surface area contributed by atoms with Gasteiger partial charge in [0.2, 0.25) is 0 Å². The SMILES string of the molecule is CCNS(=O)(=O)N(C)CC(=O)O. The third-order valence-electron chi connectivity index (χ3n) is 1.09. The van der Waals surface area contributed by atoms with E-state index >= 15 is 0 Å². The van der Waals surface area contributed by atoms with Crippen LogP contribution < -0.4 is 4.72 Å². The molecule has 0 rings (SSSR count). The van der Waals surface area contributed by atoms with Crippen molar-refractivity contribution in [2.75, 3.05) is 20.1 Å². The average Bonchev–Trinajstić information content (AvgIpc) is 1.85. The summed E-state index contributed by atoms with van der Waals surface area (Å²) < 4.78 is 24.9. The Morgan fingerprint density at radius 3 is 2.42 bits per heavy atom. The standard InChI is InChI=1S/C5H12N2O4S/c1-3-6-12(10,11)7(2)4-5(8)9/h6H,3-4H2,1-2H3,(H,8,9). The summed E-state index contributed by atoms with van der Waals surface area (Å²) in [7, 11) is -2.40. The molecule has 0 fully saturated rings. The molecule has 0 radical (unpaired) electrons. The van der Waals surface area contributed by atoms with Gasteiger partial charge in [-0.1, -0.05) is 6.92 Å². The second kappa shape index (κ2) is 4.39. The molecule has 0 amide bonds. The number of carboxylic acid groups (broad SMARTS) is 1. The van der Waals surface area contributed by atoms with Crippen LogP contribution >= 0.6 is 0 Å². The molecule has 0 aromatic heterocycles. The Morgan fingerprint density at radius 1 is 1.58 bits per heavy atom. The molecular weight excluding hydrogens is 184 g/mol. The van der Waals surface area contributed by atoms with Crippen molar-refractivity contribution in [1.29, 1.82) is 0 Å². The van der Waals surface area contributed by atoms with Crippen molar-refractivity contribution in [2.24, 2.45) is 0 Å². The van der Waals surface area contributed by atoms with Gasteiger partial charge in [-0.2, -0.15) is 12.7 Å². The van der Waals surface area contributed by atoms with Gasteiger partial charge < -0.3 is 5.11 Å². The molecule has 0 saturated carbocycles. The number of hydrogen-bond acceptors (Lipinski definition) is 3. The van der Waals surface area contributed by atoms with Crippen molar-refractivity contribution in [2.45, 2.75) is 6.92 Å². The van der Waals surface area contributed by atoms with Gasteiger partial charge in [-0.3, -0.25) is 4.79 Å². The van der Waals surface area contributed by atoms with Crippen LogP contribution in [0.1, 0.15) is 6.92 Å². The molecule has 0 aliphatic carbocycles. The normalized spacial score (nSPS) is 11.9. The Hall–Kier alpha value is -0.660. The minimum atomic E-state index is -3.60. The first-order valence-corrected chi connectivity index (χ1v) is 4.77.